The molecule has 1 aliphatic carbocycles. The van der Waals surface area contributed by atoms with Gasteiger partial charge < -0.3 is 11.1 Å². The molecule has 0 aliphatic heterocycles. The second kappa shape index (κ2) is 8.42. The first-order chi connectivity index (χ1) is 12.7. The van der Waals surface area contributed by atoms with Crippen LogP contribution in [-0.4, -0.2) is 19.9 Å². The summed E-state index contributed by atoms with van der Waals surface area (Å²) in [5.74, 6) is -2.65. The SMILES string of the molecule is Cl.NC1(C(=O)Nc2ccc(NS(=O)(=O)c3ccc(F)c(F)c3)cc2)CCCC1. The monoisotopic (exact) mass is 431 g/mol. The van der Waals surface area contributed by atoms with Gasteiger partial charge in [0.25, 0.3) is 10.0 Å². The molecular weight excluding hydrogens is 412 g/mol. The summed E-state index contributed by atoms with van der Waals surface area (Å²) < 4.78 is 53.0. The summed E-state index contributed by atoms with van der Waals surface area (Å²) in [5.41, 5.74) is 5.91. The number of nitrogens with two attached hydrogens (primary N) is 1. The predicted octanol–water partition coefficient (Wildman–Crippen LogP) is 3.40. The number of benzene rings is 2. The van der Waals surface area contributed by atoms with E-state index < -0.39 is 32.1 Å². The maximum Gasteiger partial charge on any atom is 0.261 e. The standard InChI is InChI=1S/C18H19F2N3O3S.ClH/c19-15-8-7-14(11-16(15)20)27(25,26)23-13-5-3-12(4-6-13)22-17(24)18(21)9-1-2-10-18;/h3-8,11,23H,1-2,9-10,21H2,(H,22,24);1H. The molecular formula is C18H20ClF2N3O3S. The summed E-state index contributed by atoms with van der Waals surface area (Å²) in [6.07, 6.45) is 3.08. The summed E-state index contributed by atoms with van der Waals surface area (Å²) in [7, 11) is -4.08. The Morgan fingerprint density at radius 3 is 2.11 bits per heavy atom. The zero-order valence-electron chi connectivity index (χ0n) is 14.7. The fourth-order valence-electron chi connectivity index (χ4n) is 2.97. The molecule has 1 fully saturated rings. The average Bonchev–Trinajstić information content (AvgIpc) is 3.07. The van der Waals surface area contributed by atoms with E-state index in [1.807, 2.05) is 0 Å². The van der Waals surface area contributed by atoms with Crippen LogP contribution < -0.4 is 15.8 Å². The summed E-state index contributed by atoms with van der Waals surface area (Å²) in [5, 5.41) is 2.73. The van der Waals surface area contributed by atoms with Crippen LogP contribution in [0.25, 0.3) is 0 Å². The van der Waals surface area contributed by atoms with E-state index >= 15 is 0 Å². The minimum Gasteiger partial charge on any atom is -0.324 e. The summed E-state index contributed by atoms with van der Waals surface area (Å²) in [6, 6.07) is 8.27. The number of nitrogens with one attached hydrogen (secondary N) is 2. The van der Waals surface area contributed by atoms with E-state index in [1.54, 1.807) is 0 Å². The van der Waals surface area contributed by atoms with E-state index in [9.17, 15) is 22.0 Å². The summed E-state index contributed by atoms with van der Waals surface area (Å²) in [6.45, 7) is 0. The van der Waals surface area contributed by atoms with Gasteiger partial charge >= 0.3 is 0 Å². The molecule has 0 heterocycles. The fourth-order valence-corrected chi connectivity index (χ4v) is 4.04. The molecule has 1 aliphatic rings. The second-order valence-electron chi connectivity index (χ2n) is 6.58. The highest BCUT2D eigenvalue weighted by Gasteiger charge is 2.36. The van der Waals surface area contributed by atoms with Crippen LogP contribution >= 0.6 is 12.4 Å². The number of anilines is 2. The van der Waals surface area contributed by atoms with Crippen molar-refractivity contribution in [3.8, 4) is 0 Å². The molecule has 152 valence electrons. The molecule has 0 radical (unpaired) electrons. The number of amides is 1. The third-order valence-electron chi connectivity index (χ3n) is 4.54. The molecule has 3 rings (SSSR count). The van der Waals surface area contributed by atoms with Crippen molar-refractivity contribution in [3.05, 3.63) is 54.1 Å². The van der Waals surface area contributed by atoms with Gasteiger partial charge in [0.05, 0.1) is 10.4 Å². The minimum absolute atomic E-state index is 0. The van der Waals surface area contributed by atoms with Crippen LogP contribution in [-0.2, 0) is 14.8 Å². The lowest BCUT2D eigenvalue weighted by Crippen LogP contribution is -2.48. The first-order valence-corrected chi connectivity index (χ1v) is 9.86. The van der Waals surface area contributed by atoms with Gasteiger partial charge in [0.1, 0.15) is 0 Å². The van der Waals surface area contributed by atoms with E-state index in [-0.39, 0.29) is 24.0 Å². The van der Waals surface area contributed by atoms with Crippen LogP contribution in [0.2, 0.25) is 0 Å². The first-order valence-electron chi connectivity index (χ1n) is 8.38. The smallest absolute Gasteiger partial charge is 0.261 e. The fraction of sp³-hybridized carbons (Fsp3) is 0.278. The average molecular weight is 432 g/mol. The molecule has 28 heavy (non-hydrogen) atoms. The molecule has 0 saturated heterocycles. The normalized spacial score (nSPS) is 15.5. The van der Waals surface area contributed by atoms with Crippen molar-refractivity contribution in [1.29, 1.82) is 0 Å². The van der Waals surface area contributed by atoms with Crippen molar-refractivity contribution >= 4 is 39.7 Å². The van der Waals surface area contributed by atoms with Crippen molar-refractivity contribution in [2.45, 2.75) is 36.1 Å². The Balaban J connectivity index is 0.00000280. The zero-order valence-corrected chi connectivity index (χ0v) is 16.4. The van der Waals surface area contributed by atoms with E-state index in [1.165, 1.54) is 24.3 Å². The molecule has 6 nitrogen and oxygen atoms in total. The Hall–Kier alpha value is -2.23. The second-order valence-corrected chi connectivity index (χ2v) is 8.26. The lowest BCUT2D eigenvalue weighted by atomic mass is 9.98. The lowest BCUT2D eigenvalue weighted by molar-refractivity contribution is -0.121. The number of hydrogen-bond donors (Lipinski definition) is 3. The van der Waals surface area contributed by atoms with Crippen LogP contribution in [0.4, 0.5) is 20.2 Å². The summed E-state index contributed by atoms with van der Waals surface area (Å²) >= 11 is 0. The third kappa shape index (κ3) is 4.78. The van der Waals surface area contributed by atoms with Crippen LogP contribution in [0.3, 0.4) is 0 Å². The number of carbonyl (C=O) groups excluding carboxylic acids is 1. The molecule has 0 atom stereocenters. The molecule has 2 aromatic carbocycles. The molecule has 2 aromatic rings. The van der Waals surface area contributed by atoms with Crippen molar-refractivity contribution in [3.63, 3.8) is 0 Å². The minimum atomic E-state index is -4.08. The van der Waals surface area contributed by atoms with Gasteiger partial charge in [0.2, 0.25) is 5.91 Å². The largest absolute Gasteiger partial charge is 0.324 e. The predicted molar refractivity (Wildman–Crippen MR) is 105 cm³/mol. The highest BCUT2D eigenvalue weighted by atomic mass is 35.5. The van der Waals surface area contributed by atoms with Crippen molar-refractivity contribution in [1.82, 2.24) is 0 Å². The Kier molecular flexibility index (Phi) is 6.63. The van der Waals surface area contributed by atoms with Gasteiger partial charge in [-0.15, -0.1) is 12.4 Å². The Morgan fingerprint density at radius 2 is 1.54 bits per heavy atom. The van der Waals surface area contributed by atoms with E-state index in [2.05, 4.69) is 10.0 Å². The quantitative estimate of drug-likeness (QED) is 0.675. The van der Waals surface area contributed by atoms with Crippen molar-refractivity contribution in [2.75, 3.05) is 10.0 Å². The molecule has 10 heteroatoms. The van der Waals surface area contributed by atoms with Gasteiger partial charge in [0.15, 0.2) is 11.6 Å². The van der Waals surface area contributed by atoms with Gasteiger partial charge in [-0.1, -0.05) is 12.8 Å². The molecule has 1 amide bonds. The third-order valence-corrected chi connectivity index (χ3v) is 5.92. The molecule has 4 N–H and O–H groups in total. The maximum atomic E-state index is 13.3. The maximum absolute atomic E-state index is 13.3. The van der Waals surface area contributed by atoms with Gasteiger partial charge in [-0.2, -0.15) is 0 Å². The summed E-state index contributed by atoms with van der Waals surface area (Å²) in [4.78, 5) is 11.9. The van der Waals surface area contributed by atoms with E-state index in [0.717, 1.165) is 25.0 Å². The van der Waals surface area contributed by atoms with Gasteiger partial charge in [0, 0.05) is 11.4 Å². The highest BCUT2D eigenvalue weighted by molar-refractivity contribution is 7.92. The number of rotatable bonds is 5. The lowest BCUT2D eigenvalue weighted by Gasteiger charge is -2.22. The number of carbonyl (C=O) groups is 1. The Bertz CT molecular complexity index is 963. The molecule has 1 saturated carbocycles. The van der Waals surface area contributed by atoms with Crippen LogP contribution in [0.15, 0.2) is 47.4 Å². The number of halogens is 3. The topological polar surface area (TPSA) is 101 Å². The Morgan fingerprint density at radius 1 is 0.964 bits per heavy atom. The highest BCUT2D eigenvalue weighted by Crippen LogP contribution is 2.28. The molecule has 0 unspecified atom stereocenters. The van der Waals surface area contributed by atoms with E-state index in [0.29, 0.717) is 24.6 Å². The van der Waals surface area contributed by atoms with E-state index in [4.69, 9.17) is 5.73 Å². The van der Waals surface area contributed by atoms with Gasteiger partial charge in [-0.25, -0.2) is 17.2 Å². The Labute approximate surface area is 168 Å². The van der Waals surface area contributed by atoms with Gasteiger partial charge in [-0.3, -0.25) is 9.52 Å². The van der Waals surface area contributed by atoms with Gasteiger partial charge in [-0.05, 0) is 55.3 Å². The van der Waals surface area contributed by atoms with Crippen molar-refractivity contribution < 1.29 is 22.0 Å². The molecule has 0 aromatic heterocycles. The van der Waals surface area contributed by atoms with Crippen molar-refractivity contribution in [2.24, 2.45) is 5.73 Å². The van der Waals surface area contributed by atoms with Crippen LogP contribution in [0, 0.1) is 11.6 Å². The first kappa shape index (κ1) is 22.1. The number of hydrogen-bond acceptors (Lipinski definition) is 4. The van der Waals surface area contributed by atoms with Crippen LogP contribution in [0.1, 0.15) is 25.7 Å². The molecule has 0 spiro atoms. The zero-order chi connectivity index (χ0) is 19.7. The van der Waals surface area contributed by atoms with Crippen LogP contribution in [0.5, 0.6) is 0 Å². The number of sulfonamides is 1. The molecule has 0 bridgehead atoms.